The first-order valence-corrected chi connectivity index (χ1v) is 6.43. The first-order valence-electron chi connectivity index (χ1n) is 6.43. The minimum atomic E-state index is -0.493. The maximum Gasteiger partial charge on any atom is 0.407 e. The van der Waals surface area contributed by atoms with Gasteiger partial charge in [-0.3, -0.25) is 9.63 Å². The second-order valence-corrected chi connectivity index (χ2v) is 5.60. The molecule has 6 heteroatoms. The summed E-state index contributed by atoms with van der Waals surface area (Å²) in [5.41, 5.74) is -0.493. The summed E-state index contributed by atoms with van der Waals surface area (Å²) in [5.74, 6) is 0.0901. The Hall–Kier alpha value is -1.30. The molecule has 19 heavy (non-hydrogen) atoms. The summed E-state index contributed by atoms with van der Waals surface area (Å²) in [6, 6.07) is 0. The van der Waals surface area contributed by atoms with Crippen molar-refractivity contribution >= 4 is 12.0 Å². The van der Waals surface area contributed by atoms with Gasteiger partial charge < -0.3 is 10.1 Å². The van der Waals surface area contributed by atoms with Crippen LogP contribution in [0.2, 0.25) is 0 Å². The van der Waals surface area contributed by atoms with Gasteiger partial charge in [-0.05, 0) is 33.1 Å². The summed E-state index contributed by atoms with van der Waals surface area (Å²) < 4.78 is 5.11. The number of nitrogens with zero attached hydrogens (tertiary/aromatic N) is 1. The Bertz CT molecular complexity index is 300. The lowest BCUT2D eigenvalue weighted by Crippen LogP contribution is -2.34. The normalized spacial score (nSPS) is 12.7. The summed E-state index contributed by atoms with van der Waals surface area (Å²) in [6.07, 6.45) is 0.670. The SMILES string of the molecule is CON(C)C(=O)CC(C)CCNC(=O)OC(C)(C)C. The van der Waals surface area contributed by atoms with Crippen LogP contribution in [0.1, 0.15) is 40.5 Å². The van der Waals surface area contributed by atoms with E-state index in [4.69, 9.17) is 9.57 Å². The van der Waals surface area contributed by atoms with Crippen LogP contribution < -0.4 is 5.32 Å². The minimum Gasteiger partial charge on any atom is -0.444 e. The van der Waals surface area contributed by atoms with Crippen LogP contribution in [0.5, 0.6) is 0 Å². The van der Waals surface area contributed by atoms with Crippen molar-refractivity contribution in [3.05, 3.63) is 0 Å². The molecule has 0 aliphatic carbocycles. The third-order valence-corrected chi connectivity index (χ3v) is 2.45. The van der Waals surface area contributed by atoms with Crippen molar-refractivity contribution in [1.82, 2.24) is 10.4 Å². The number of ether oxygens (including phenoxy) is 1. The van der Waals surface area contributed by atoms with E-state index in [1.165, 1.54) is 12.2 Å². The number of rotatable bonds is 6. The molecule has 0 saturated carbocycles. The van der Waals surface area contributed by atoms with Crippen LogP contribution in [0.25, 0.3) is 0 Å². The summed E-state index contributed by atoms with van der Waals surface area (Å²) in [4.78, 5) is 27.8. The highest BCUT2D eigenvalue weighted by Gasteiger charge is 2.17. The molecule has 0 aromatic carbocycles. The quantitative estimate of drug-likeness (QED) is 0.752. The first-order chi connectivity index (χ1) is 8.65. The van der Waals surface area contributed by atoms with Crippen LogP contribution in [-0.4, -0.2) is 43.4 Å². The second kappa shape index (κ2) is 7.99. The van der Waals surface area contributed by atoms with Gasteiger partial charge in [0.2, 0.25) is 5.91 Å². The van der Waals surface area contributed by atoms with Gasteiger partial charge in [0.15, 0.2) is 0 Å². The van der Waals surface area contributed by atoms with Crippen molar-refractivity contribution in [3.63, 3.8) is 0 Å². The fourth-order valence-corrected chi connectivity index (χ4v) is 1.37. The number of carbonyl (C=O) groups is 2. The van der Waals surface area contributed by atoms with E-state index >= 15 is 0 Å². The van der Waals surface area contributed by atoms with Crippen molar-refractivity contribution < 1.29 is 19.2 Å². The van der Waals surface area contributed by atoms with Crippen LogP contribution in [0.3, 0.4) is 0 Å². The highest BCUT2D eigenvalue weighted by atomic mass is 16.7. The van der Waals surface area contributed by atoms with Crippen molar-refractivity contribution in [3.8, 4) is 0 Å². The number of hydroxylamine groups is 2. The van der Waals surface area contributed by atoms with E-state index in [2.05, 4.69) is 5.32 Å². The summed E-state index contributed by atoms with van der Waals surface area (Å²) in [5, 5.41) is 3.88. The molecule has 0 aromatic rings. The standard InChI is InChI=1S/C13H26N2O4/c1-10(9-11(16)15(5)18-6)7-8-14-12(17)19-13(2,3)4/h10H,7-9H2,1-6H3,(H,14,17). The maximum atomic E-state index is 11.6. The van der Waals surface area contributed by atoms with Gasteiger partial charge in [0, 0.05) is 20.0 Å². The van der Waals surface area contributed by atoms with Crippen LogP contribution in [0.4, 0.5) is 4.79 Å². The number of amides is 2. The van der Waals surface area contributed by atoms with Gasteiger partial charge in [-0.15, -0.1) is 0 Å². The summed E-state index contributed by atoms with van der Waals surface area (Å²) in [7, 11) is 3.03. The van der Waals surface area contributed by atoms with Crippen LogP contribution in [-0.2, 0) is 14.4 Å². The summed E-state index contributed by atoms with van der Waals surface area (Å²) in [6.45, 7) is 7.88. The molecule has 0 radical (unpaired) electrons. The molecule has 0 aromatic heterocycles. The maximum absolute atomic E-state index is 11.6. The monoisotopic (exact) mass is 274 g/mol. The Kier molecular flexibility index (Phi) is 7.44. The molecule has 0 heterocycles. The lowest BCUT2D eigenvalue weighted by molar-refractivity contribution is -0.169. The van der Waals surface area contributed by atoms with Gasteiger partial charge in [-0.2, -0.15) is 0 Å². The average Bonchev–Trinajstić information content (AvgIpc) is 2.25. The lowest BCUT2D eigenvalue weighted by Gasteiger charge is -2.20. The van der Waals surface area contributed by atoms with Gasteiger partial charge >= 0.3 is 6.09 Å². The minimum absolute atomic E-state index is 0.0766. The summed E-state index contributed by atoms with van der Waals surface area (Å²) >= 11 is 0. The Balaban J connectivity index is 3.83. The molecular weight excluding hydrogens is 248 g/mol. The molecule has 112 valence electrons. The van der Waals surface area contributed by atoms with Gasteiger partial charge in [0.1, 0.15) is 5.60 Å². The Morgan fingerprint density at radius 1 is 1.32 bits per heavy atom. The highest BCUT2D eigenvalue weighted by Crippen LogP contribution is 2.09. The molecule has 1 unspecified atom stereocenters. The predicted octanol–water partition coefficient (Wildman–Crippen LogP) is 1.95. The smallest absolute Gasteiger partial charge is 0.407 e. The molecule has 1 N–H and O–H groups in total. The van der Waals surface area contributed by atoms with Crippen molar-refractivity contribution in [2.75, 3.05) is 20.7 Å². The van der Waals surface area contributed by atoms with Crippen LogP contribution in [0, 0.1) is 5.92 Å². The third kappa shape index (κ3) is 9.30. The zero-order valence-corrected chi connectivity index (χ0v) is 12.8. The second-order valence-electron chi connectivity index (χ2n) is 5.60. The molecule has 0 bridgehead atoms. The molecule has 0 spiro atoms. The highest BCUT2D eigenvalue weighted by molar-refractivity contribution is 5.75. The number of hydrogen-bond acceptors (Lipinski definition) is 4. The van der Waals surface area contributed by atoms with Crippen molar-refractivity contribution in [1.29, 1.82) is 0 Å². The molecule has 0 fully saturated rings. The van der Waals surface area contributed by atoms with Gasteiger partial charge in [0.25, 0.3) is 0 Å². The Morgan fingerprint density at radius 3 is 2.37 bits per heavy atom. The van der Waals surface area contributed by atoms with Gasteiger partial charge in [-0.1, -0.05) is 6.92 Å². The largest absolute Gasteiger partial charge is 0.444 e. The van der Waals surface area contributed by atoms with Crippen molar-refractivity contribution in [2.45, 2.75) is 46.1 Å². The van der Waals surface area contributed by atoms with Crippen molar-refractivity contribution in [2.24, 2.45) is 5.92 Å². The molecule has 0 aliphatic heterocycles. The molecule has 1 atom stereocenters. The predicted molar refractivity (Wildman–Crippen MR) is 72.4 cm³/mol. The fraction of sp³-hybridized carbons (Fsp3) is 0.846. The van der Waals surface area contributed by atoms with E-state index in [-0.39, 0.29) is 11.8 Å². The first kappa shape index (κ1) is 17.7. The average molecular weight is 274 g/mol. The number of hydrogen-bond donors (Lipinski definition) is 1. The van der Waals surface area contributed by atoms with E-state index in [1.807, 2.05) is 27.7 Å². The topological polar surface area (TPSA) is 67.9 Å². The fourth-order valence-electron chi connectivity index (χ4n) is 1.37. The Labute approximate surface area is 115 Å². The Morgan fingerprint density at radius 2 is 1.89 bits per heavy atom. The molecule has 0 saturated heterocycles. The molecule has 2 amide bonds. The zero-order valence-electron chi connectivity index (χ0n) is 12.8. The van der Waals surface area contributed by atoms with Gasteiger partial charge in [0.05, 0.1) is 7.11 Å². The van der Waals surface area contributed by atoms with E-state index < -0.39 is 11.7 Å². The number of alkyl carbamates (subject to hydrolysis) is 1. The van der Waals surface area contributed by atoms with Crippen LogP contribution >= 0.6 is 0 Å². The lowest BCUT2D eigenvalue weighted by atomic mass is 10.0. The number of nitrogens with one attached hydrogen (secondary N) is 1. The van der Waals surface area contributed by atoms with E-state index in [1.54, 1.807) is 7.05 Å². The van der Waals surface area contributed by atoms with E-state index in [0.717, 1.165) is 0 Å². The van der Waals surface area contributed by atoms with E-state index in [9.17, 15) is 9.59 Å². The van der Waals surface area contributed by atoms with E-state index in [0.29, 0.717) is 19.4 Å². The molecule has 6 nitrogen and oxygen atoms in total. The molecular formula is C13H26N2O4. The van der Waals surface area contributed by atoms with Gasteiger partial charge in [-0.25, -0.2) is 9.86 Å². The number of carbonyl (C=O) groups excluding carboxylic acids is 2. The third-order valence-electron chi connectivity index (χ3n) is 2.45. The molecule has 0 rings (SSSR count). The molecule has 0 aliphatic rings. The zero-order chi connectivity index (χ0) is 15.1. The van der Waals surface area contributed by atoms with Crippen LogP contribution in [0.15, 0.2) is 0 Å².